The van der Waals surface area contributed by atoms with E-state index >= 15 is 0 Å². The average Bonchev–Trinajstić information content (AvgIpc) is 3.29. The van der Waals surface area contributed by atoms with Gasteiger partial charge in [0.15, 0.2) is 29.0 Å². The lowest BCUT2D eigenvalue weighted by molar-refractivity contribution is -0.147. The van der Waals surface area contributed by atoms with E-state index in [1.54, 1.807) is 0 Å². The Bertz CT molecular complexity index is 1420. The summed E-state index contributed by atoms with van der Waals surface area (Å²) < 4.78 is 42.5. The van der Waals surface area contributed by atoms with Crippen molar-refractivity contribution in [2.75, 3.05) is 17.7 Å². The van der Waals surface area contributed by atoms with Crippen molar-refractivity contribution in [2.45, 2.75) is 82.5 Å². The van der Waals surface area contributed by atoms with Gasteiger partial charge in [-0.15, -0.1) is 0 Å². The highest BCUT2D eigenvalue weighted by molar-refractivity contribution is 7.86. The molecular formula is C24H32ClN5O8S. The average molecular weight is 586 g/mol. The number of carbonyl (C=O) groups is 1. The molecule has 3 heterocycles. The molecule has 39 heavy (non-hydrogen) atoms. The summed E-state index contributed by atoms with van der Waals surface area (Å²) in [7, 11) is -4.57. The first kappa shape index (κ1) is 27.1. The highest BCUT2D eigenvalue weighted by Crippen LogP contribution is 2.66. The van der Waals surface area contributed by atoms with Gasteiger partial charge in [0.1, 0.15) is 24.9 Å². The summed E-state index contributed by atoms with van der Waals surface area (Å²) >= 11 is 6.35. The van der Waals surface area contributed by atoms with Gasteiger partial charge in [0.05, 0.1) is 6.33 Å². The molecule has 1 unspecified atom stereocenters. The number of fused-ring (bicyclic) bond motifs is 1. The Labute approximate surface area is 230 Å². The molecule has 0 amide bonds. The summed E-state index contributed by atoms with van der Waals surface area (Å²) in [5, 5.41) is 24.9. The monoisotopic (exact) mass is 585 g/mol. The zero-order chi connectivity index (χ0) is 28.0. The zero-order valence-electron chi connectivity index (χ0n) is 21.6. The second-order valence-electron chi connectivity index (χ2n) is 12.7. The minimum absolute atomic E-state index is 0.0161. The number of rotatable bonds is 7. The Balaban J connectivity index is 1.25. The number of esters is 1. The minimum atomic E-state index is -4.57. The molecule has 0 spiro atoms. The number of hydrogen-bond donors (Lipinski definition) is 4. The molecule has 15 heteroatoms. The smallest absolute Gasteiger partial charge is 0.323 e. The van der Waals surface area contributed by atoms with E-state index in [2.05, 4.69) is 34.1 Å². The van der Waals surface area contributed by atoms with Crippen molar-refractivity contribution < 1.29 is 37.5 Å². The van der Waals surface area contributed by atoms with E-state index in [0.717, 1.165) is 19.3 Å². The predicted molar refractivity (Wildman–Crippen MR) is 137 cm³/mol. The highest BCUT2D eigenvalue weighted by Gasteiger charge is 2.60. The van der Waals surface area contributed by atoms with Crippen molar-refractivity contribution in [3.05, 3.63) is 11.6 Å². The van der Waals surface area contributed by atoms with Crippen LogP contribution in [-0.4, -0.2) is 84.9 Å². The summed E-state index contributed by atoms with van der Waals surface area (Å²) in [5.74, 6) is -1.30. The fraction of sp³-hybridized carbons (Fsp3) is 0.750. The second kappa shape index (κ2) is 8.95. The Hall–Kier alpha value is -2.10. The van der Waals surface area contributed by atoms with E-state index in [4.69, 9.17) is 25.6 Å². The van der Waals surface area contributed by atoms with Crippen molar-refractivity contribution >= 4 is 44.7 Å². The van der Waals surface area contributed by atoms with Gasteiger partial charge in [0, 0.05) is 5.54 Å². The van der Waals surface area contributed by atoms with Gasteiger partial charge in [-0.3, -0.25) is 13.9 Å². The molecule has 1 saturated heterocycles. The third-order valence-electron chi connectivity index (χ3n) is 8.72. The molecule has 7 rings (SSSR count). The third-order valence-corrected chi connectivity index (χ3v) is 9.49. The van der Waals surface area contributed by atoms with Crippen molar-refractivity contribution in [3.8, 4) is 0 Å². The van der Waals surface area contributed by atoms with Crippen LogP contribution in [0, 0.1) is 16.7 Å². The van der Waals surface area contributed by atoms with Crippen molar-refractivity contribution in [2.24, 2.45) is 16.7 Å². The summed E-state index contributed by atoms with van der Waals surface area (Å²) in [6.07, 6.45) is 3.01. The standard InChI is InChI=1S/C24H32ClN5O8S/c1-22-3-12-4-23(2,8-22)10-24(5-12,9-22)29-18-15-19(28-21(25)27-18)30(11-26-15)20-17(33)16(32)13(38-20)6-37-14(31)7-39(34,35)36/h11-13,16-17,20,32-33H,3-10H2,1-2H3,(H,27,28,29)(H,34,35,36)/t12-,13-,16?,17+,20-,22+,23-,24-/m1/s1. The van der Waals surface area contributed by atoms with Crippen LogP contribution in [0.25, 0.3) is 11.2 Å². The maximum atomic E-state index is 11.7. The lowest BCUT2D eigenvalue weighted by Gasteiger charge is -2.65. The summed E-state index contributed by atoms with van der Waals surface area (Å²) in [5.41, 5.74) is 1.15. The molecule has 8 atom stereocenters. The van der Waals surface area contributed by atoms with Crippen LogP contribution < -0.4 is 5.32 Å². The number of nitrogens with one attached hydrogen (secondary N) is 1. The van der Waals surface area contributed by atoms with E-state index in [1.165, 1.54) is 30.2 Å². The van der Waals surface area contributed by atoms with Crippen molar-refractivity contribution in [1.29, 1.82) is 0 Å². The molecule has 1 aliphatic heterocycles. The lowest BCUT2D eigenvalue weighted by atomic mass is 9.43. The number of carbonyl (C=O) groups excluding carboxylic acids is 1. The number of aliphatic hydroxyl groups excluding tert-OH is 2. The number of hydrogen-bond acceptors (Lipinski definition) is 11. The quantitative estimate of drug-likeness (QED) is 0.209. The highest BCUT2D eigenvalue weighted by atomic mass is 35.5. The SMILES string of the molecule is C[C@]12C[C@@H]3C[C@](C)(C1)C[C@@](Nc1nc(Cl)nc4c1ncn4[C@@H]1O[C@H](COC(=O)CS(=O)(=O)O)C(O)[C@@H]1O)(C3)C2. The van der Waals surface area contributed by atoms with Gasteiger partial charge in [-0.05, 0) is 66.9 Å². The van der Waals surface area contributed by atoms with Gasteiger partial charge in [-0.2, -0.15) is 18.4 Å². The molecule has 5 aliphatic rings. The Morgan fingerprint density at radius 2 is 1.87 bits per heavy atom. The van der Waals surface area contributed by atoms with Gasteiger partial charge in [0.2, 0.25) is 5.28 Å². The fourth-order valence-electron chi connectivity index (χ4n) is 8.46. The van der Waals surface area contributed by atoms with Crippen molar-refractivity contribution in [1.82, 2.24) is 19.5 Å². The van der Waals surface area contributed by atoms with E-state index in [-0.39, 0.29) is 21.7 Å². The summed E-state index contributed by atoms with van der Waals surface area (Å²) in [6.45, 7) is 4.22. The number of anilines is 1. The molecule has 13 nitrogen and oxygen atoms in total. The van der Waals surface area contributed by atoms with Gasteiger partial charge in [0.25, 0.3) is 10.1 Å². The molecule has 5 fully saturated rings. The predicted octanol–water partition coefficient (Wildman–Crippen LogP) is 1.69. The van der Waals surface area contributed by atoms with Crippen LogP contribution in [0.3, 0.4) is 0 Å². The molecule has 0 radical (unpaired) electrons. The normalized spacial score (nSPS) is 39.4. The second-order valence-corrected chi connectivity index (χ2v) is 14.4. The number of ether oxygens (including phenoxy) is 2. The summed E-state index contributed by atoms with van der Waals surface area (Å²) in [6, 6.07) is 0. The first-order valence-corrected chi connectivity index (χ1v) is 15.0. The van der Waals surface area contributed by atoms with Crippen LogP contribution in [0.15, 0.2) is 6.33 Å². The van der Waals surface area contributed by atoms with Gasteiger partial charge >= 0.3 is 5.97 Å². The molecule has 2 aromatic heterocycles. The topological polar surface area (TPSA) is 186 Å². The van der Waals surface area contributed by atoms with Gasteiger partial charge in [-0.1, -0.05) is 13.8 Å². The van der Waals surface area contributed by atoms with Gasteiger partial charge in [-0.25, -0.2) is 4.98 Å². The van der Waals surface area contributed by atoms with Crippen LogP contribution >= 0.6 is 11.6 Å². The van der Waals surface area contributed by atoms with Crippen molar-refractivity contribution in [3.63, 3.8) is 0 Å². The first-order chi connectivity index (χ1) is 18.2. The molecule has 4 saturated carbocycles. The molecule has 2 aromatic rings. The van der Waals surface area contributed by atoms with E-state index in [9.17, 15) is 23.4 Å². The molecule has 0 aromatic carbocycles. The largest absolute Gasteiger partial charge is 0.462 e. The molecule has 4 N–H and O–H groups in total. The maximum Gasteiger partial charge on any atom is 0.323 e. The summed E-state index contributed by atoms with van der Waals surface area (Å²) in [4.78, 5) is 25.0. The van der Waals surface area contributed by atoms with Crippen LogP contribution in [0.1, 0.15) is 58.6 Å². The van der Waals surface area contributed by atoms with E-state index in [0.29, 0.717) is 22.9 Å². The molecule has 214 valence electrons. The van der Waals surface area contributed by atoms with E-state index in [1.807, 2.05) is 0 Å². The number of aromatic nitrogens is 4. The lowest BCUT2D eigenvalue weighted by Crippen LogP contribution is -2.61. The van der Waals surface area contributed by atoms with Crippen LogP contribution in [0.4, 0.5) is 5.82 Å². The van der Waals surface area contributed by atoms with Gasteiger partial charge < -0.3 is 25.0 Å². The Morgan fingerprint density at radius 1 is 1.18 bits per heavy atom. The van der Waals surface area contributed by atoms with Crippen LogP contribution in [0.2, 0.25) is 5.28 Å². The molecule has 4 aliphatic carbocycles. The number of halogens is 1. The van der Waals surface area contributed by atoms with E-state index < -0.39 is 53.0 Å². The zero-order valence-corrected chi connectivity index (χ0v) is 23.2. The minimum Gasteiger partial charge on any atom is -0.462 e. The number of nitrogens with zero attached hydrogens (tertiary/aromatic N) is 4. The van der Waals surface area contributed by atoms with Crippen LogP contribution in [0.5, 0.6) is 0 Å². The maximum absolute atomic E-state index is 11.7. The molecule has 4 bridgehead atoms. The number of aliphatic hydroxyl groups is 2. The Morgan fingerprint density at radius 3 is 2.51 bits per heavy atom. The first-order valence-electron chi connectivity index (χ1n) is 13.0. The Kier molecular flexibility index (Phi) is 6.22. The fourth-order valence-corrected chi connectivity index (χ4v) is 9.01. The molecular weight excluding hydrogens is 554 g/mol. The third kappa shape index (κ3) is 4.99. The number of imidazole rings is 1. The van der Waals surface area contributed by atoms with Crippen LogP contribution in [-0.2, 0) is 24.4 Å².